The maximum absolute atomic E-state index is 13.3. The molecule has 0 radical (unpaired) electrons. The van der Waals surface area contributed by atoms with E-state index in [1.54, 1.807) is 6.20 Å². The summed E-state index contributed by atoms with van der Waals surface area (Å²) in [6, 6.07) is 3.52. The molecular weight excluding hydrogens is 388 g/mol. The highest BCUT2D eigenvalue weighted by molar-refractivity contribution is 9.10. The average Bonchev–Trinajstić information content (AvgIpc) is 2.86. The zero-order valence-electron chi connectivity index (χ0n) is 10.1. The minimum Gasteiger partial charge on any atom is -0.356 e. The Morgan fingerprint density at radius 3 is 2.38 bits per heavy atom. The van der Waals surface area contributed by atoms with Gasteiger partial charge < -0.3 is 4.98 Å². The molecule has 2 amide bonds. The van der Waals surface area contributed by atoms with Crippen molar-refractivity contribution in [3.05, 3.63) is 56.0 Å². The van der Waals surface area contributed by atoms with E-state index < -0.39 is 17.6 Å². The van der Waals surface area contributed by atoms with Crippen LogP contribution in [-0.2, 0) is 0 Å². The van der Waals surface area contributed by atoms with Gasteiger partial charge in [0.05, 0.1) is 15.6 Å². The monoisotopic (exact) mass is 393 g/mol. The molecule has 0 unspecified atom stereocenters. The number of carbonyl (C=O) groups excluding carboxylic acids is 2. The molecule has 2 rings (SSSR count). The van der Waals surface area contributed by atoms with E-state index in [4.69, 9.17) is 23.2 Å². The number of nitrogens with one attached hydrogen (secondary N) is 3. The molecule has 0 bridgehead atoms. The van der Waals surface area contributed by atoms with E-state index >= 15 is 0 Å². The number of benzene rings is 1. The van der Waals surface area contributed by atoms with Crippen LogP contribution in [0.4, 0.5) is 4.39 Å². The smallest absolute Gasteiger partial charge is 0.286 e. The first-order valence-corrected chi connectivity index (χ1v) is 7.02. The van der Waals surface area contributed by atoms with Gasteiger partial charge in [-0.25, -0.2) is 4.39 Å². The van der Waals surface area contributed by atoms with E-state index in [0.29, 0.717) is 4.47 Å². The molecule has 1 aromatic heterocycles. The van der Waals surface area contributed by atoms with Crippen LogP contribution in [0.15, 0.2) is 28.9 Å². The number of carbonyl (C=O) groups is 2. The predicted octanol–water partition coefficient (Wildman–Crippen LogP) is 3.30. The van der Waals surface area contributed by atoms with Gasteiger partial charge in [0.15, 0.2) is 0 Å². The highest BCUT2D eigenvalue weighted by Gasteiger charge is 2.15. The van der Waals surface area contributed by atoms with E-state index in [2.05, 4.69) is 31.8 Å². The quantitative estimate of drug-likeness (QED) is 0.540. The zero-order chi connectivity index (χ0) is 15.6. The number of H-pyrrole nitrogens is 1. The van der Waals surface area contributed by atoms with Crippen molar-refractivity contribution in [2.45, 2.75) is 0 Å². The summed E-state index contributed by atoms with van der Waals surface area (Å²) < 4.78 is 14.0. The summed E-state index contributed by atoms with van der Waals surface area (Å²) in [5, 5.41) is -0.229. The molecule has 0 aliphatic rings. The highest BCUT2D eigenvalue weighted by Crippen LogP contribution is 2.24. The van der Waals surface area contributed by atoms with E-state index in [0.717, 1.165) is 12.1 Å². The van der Waals surface area contributed by atoms with Gasteiger partial charge in [-0.05, 0) is 34.1 Å². The summed E-state index contributed by atoms with van der Waals surface area (Å²) in [5.41, 5.74) is 4.38. The number of aromatic nitrogens is 1. The van der Waals surface area contributed by atoms with Crippen LogP contribution in [0.25, 0.3) is 0 Å². The fourth-order valence-corrected chi connectivity index (χ4v) is 2.26. The molecule has 5 nitrogen and oxygen atoms in total. The zero-order valence-corrected chi connectivity index (χ0v) is 13.2. The molecule has 21 heavy (non-hydrogen) atoms. The lowest BCUT2D eigenvalue weighted by Gasteiger charge is -2.08. The highest BCUT2D eigenvalue weighted by atomic mass is 79.9. The third kappa shape index (κ3) is 3.75. The number of aromatic amines is 1. The second-order valence-corrected chi connectivity index (χ2v) is 5.62. The standard InChI is InChI=1S/C12H7BrCl2FN3O2/c13-5-1-10(17-4-5)12(21)19-18-11(20)6-2-9(16)8(15)3-7(6)14/h1-4,17H,(H,18,20)(H,19,21). The number of halogens is 4. The van der Waals surface area contributed by atoms with Gasteiger partial charge in [0.1, 0.15) is 11.5 Å². The van der Waals surface area contributed by atoms with Gasteiger partial charge in [-0.1, -0.05) is 23.2 Å². The fraction of sp³-hybridized carbons (Fsp3) is 0. The molecule has 1 aromatic carbocycles. The Balaban J connectivity index is 2.05. The third-order valence-electron chi connectivity index (χ3n) is 2.44. The van der Waals surface area contributed by atoms with E-state index in [1.165, 1.54) is 6.07 Å². The molecule has 3 N–H and O–H groups in total. The normalized spacial score (nSPS) is 10.3. The second kappa shape index (κ2) is 6.46. The largest absolute Gasteiger partial charge is 0.356 e. The first-order chi connectivity index (χ1) is 9.88. The van der Waals surface area contributed by atoms with Crippen LogP contribution >= 0.6 is 39.1 Å². The van der Waals surface area contributed by atoms with Crippen molar-refractivity contribution < 1.29 is 14.0 Å². The molecule has 0 fully saturated rings. The number of hydrazine groups is 1. The molecule has 0 aliphatic carbocycles. The van der Waals surface area contributed by atoms with Crippen LogP contribution in [0.1, 0.15) is 20.8 Å². The maximum Gasteiger partial charge on any atom is 0.286 e. The molecule has 1 heterocycles. The summed E-state index contributed by atoms with van der Waals surface area (Å²) in [6.07, 6.45) is 1.56. The van der Waals surface area contributed by atoms with E-state index in [-0.39, 0.29) is 21.3 Å². The van der Waals surface area contributed by atoms with Gasteiger partial charge >= 0.3 is 0 Å². The van der Waals surface area contributed by atoms with Gasteiger partial charge in [0.25, 0.3) is 11.8 Å². The van der Waals surface area contributed by atoms with E-state index in [1.807, 2.05) is 0 Å². The first kappa shape index (κ1) is 15.8. The summed E-state index contributed by atoms with van der Waals surface area (Å²) in [7, 11) is 0. The Morgan fingerprint density at radius 1 is 1.10 bits per heavy atom. The number of hydrogen-bond acceptors (Lipinski definition) is 2. The summed E-state index contributed by atoms with van der Waals surface area (Å²) in [5.74, 6) is -2.13. The van der Waals surface area contributed by atoms with Crippen LogP contribution in [0.2, 0.25) is 10.0 Å². The maximum atomic E-state index is 13.3. The molecule has 0 spiro atoms. The predicted molar refractivity (Wildman–Crippen MR) is 79.8 cm³/mol. The van der Waals surface area contributed by atoms with Crippen LogP contribution in [0, 0.1) is 5.82 Å². The lowest BCUT2D eigenvalue weighted by Crippen LogP contribution is -2.41. The van der Waals surface area contributed by atoms with Crippen LogP contribution in [0.5, 0.6) is 0 Å². The minimum absolute atomic E-state index is 0.0317. The molecule has 0 atom stereocenters. The van der Waals surface area contributed by atoms with Gasteiger partial charge in [0.2, 0.25) is 0 Å². The molecule has 0 aliphatic heterocycles. The van der Waals surface area contributed by atoms with Crippen LogP contribution in [-0.4, -0.2) is 16.8 Å². The first-order valence-electron chi connectivity index (χ1n) is 5.47. The molecule has 2 aromatic rings. The molecular formula is C12H7BrCl2FN3O2. The minimum atomic E-state index is -0.786. The number of hydrogen-bond donors (Lipinski definition) is 3. The Kier molecular flexibility index (Phi) is 4.87. The molecule has 0 saturated carbocycles. The Labute approximate surface area is 136 Å². The number of rotatable bonds is 2. The van der Waals surface area contributed by atoms with Crippen molar-refractivity contribution in [1.82, 2.24) is 15.8 Å². The summed E-state index contributed by atoms with van der Waals surface area (Å²) >= 11 is 14.5. The lowest BCUT2D eigenvalue weighted by molar-refractivity contribution is 0.0844. The topological polar surface area (TPSA) is 74.0 Å². The fourth-order valence-electron chi connectivity index (χ4n) is 1.44. The molecule has 9 heteroatoms. The SMILES string of the molecule is O=C(NNC(=O)c1cc(F)c(Cl)cc1Cl)c1cc(Br)c[nH]1. The van der Waals surface area contributed by atoms with Crippen molar-refractivity contribution in [3.8, 4) is 0 Å². The van der Waals surface area contributed by atoms with Gasteiger partial charge in [-0.15, -0.1) is 0 Å². The Morgan fingerprint density at radius 2 is 1.76 bits per heavy atom. The summed E-state index contributed by atoms with van der Waals surface area (Å²) in [6.45, 7) is 0. The van der Waals surface area contributed by atoms with Crippen molar-refractivity contribution in [2.75, 3.05) is 0 Å². The van der Waals surface area contributed by atoms with Crippen molar-refractivity contribution in [2.24, 2.45) is 0 Å². The van der Waals surface area contributed by atoms with Gasteiger partial charge in [0, 0.05) is 10.7 Å². The second-order valence-electron chi connectivity index (χ2n) is 3.89. The Bertz CT molecular complexity index is 721. The van der Waals surface area contributed by atoms with E-state index in [9.17, 15) is 14.0 Å². The summed E-state index contributed by atoms with van der Waals surface area (Å²) in [4.78, 5) is 26.2. The third-order valence-corrected chi connectivity index (χ3v) is 3.50. The lowest BCUT2D eigenvalue weighted by atomic mass is 10.2. The van der Waals surface area contributed by atoms with Crippen molar-refractivity contribution in [1.29, 1.82) is 0 Å². The number of amides is 2. The van der Waals surface area contributed by atoms with Crippen LogP contribution in [0.3, 0.4) is 0 Å². The molecule has 110 valence electrons. The van der Waals surface area contributed by atoms with Gasteiger partial charge in [-0.3, -0.25) is 20.4 Å². The van der Waals surface area contributed by atoms with Crippen LogP contribution < -0.4 is 10.9 Å². The van der Waals surface area contributed by atoms with Crippen molar-refractivity contribution in [3.63, 3.8) is 0 Å². The Hall–Kier alpha value is -1.57. The molecule has 0 saturated heterocycles. The van der Waals surface area contributed by atoms with Crippen molar-refractivity contribution >= 4 is 50.9 Å². The van der Waals surface area contributed by atoms with Gasteiger partial charge in [-0.2, -0.15) is 0 Å². The average molecular weight is 395 g/mol.